The number of carbonyl (C=O) groups is 1. The van der Waals surface area contributed by atoms with Gasteiger partial charge in [0.15, 0.2) is 17.3 Å². The number of pyridine rings is 1. The van der Waals surface area contributed by atoms with Gasteiger partial charge in [0.1, 0.15) is 0 Å². The summed E-state index contributed by atoms with van der Waals surface area (Å²) in [6, 6.07) is 7.44. The van der Waals surface area contributed by atoms with Crippen molar-refractivity contribution < 1.29 is 19.0 Å². The van der Waals surface area contributed by atoms with Crippen LogP contribution in [0.3, 0.4) is 0 Å². The Bertz CT molecular complexity index is 920. The van der Waals surface area contributed by atoms with Crippen LogP contribution in [0.2, 0.25) is 0 Å². The van der Waals surface area contributed by atoms with Crippen molar-refractivity contribution in [2.24, 2.45) is 0 Å². The first-order valence-electron chi connectivity index (χ1n) is 8.90. The minimum atomic E-state index is 0.0340. The molecule has 1 fully saturated rings. The number of hydrogen-bond acceptors (Lipinski definition) is 6. The molecule has 0 aliphatic carbocycles. The third-order valence-electron chi connectivity index (χ3n) is 4.58. The van der Waals surface area contributed by atoms with E-state index in [4.69, 9.17) is 14.2 Å². The van der Waals surface area contributed by atoms with Crippen LogP contribution in [-0.2, 0) is 4.79 Å². The van der Waals surface area contributed by atoms with Crippen molar-refractivity contribution in [3.63, 3.8) is 0 Å². The molecule has 1 aliphatic heterocycles. The number of benzene rings is 1. The van der Waals surface area contributed by atoms with E-state index in [1.807, 2.05) is 37.4 Å². The molecule has 1 aromatic heterocycles. The summed E-state index contributed by atoms with van der Waals surface area (Å²) in [5, 5.41) is 0. The summed E-state index contributed by atoms with van der Waals surface area (Å²) >= 11 is 0. The van der Waals surface area contributed by atoms with Crippen molar-refractivity contribution in [2.45, 2.75) is 0 Å². The summed E-state index contributed by atoms with van der Waals surface area (Å²) < 4.78 is 16.3. The summed E-state index contributed by atoms with van der Waals surface area (Å²) in [6.07, 6.45) is 7.21. The molecular weight excluding hydrogens is 356 g/mol. The second-order valence-electron chi connectivity index (χ2n) is 6.54. The summed E-state index contributed by atoms with van der Waals surface area (Å²) in [7, 11) is 6.70. The van der Waals surface area contributed by atoms with E-state index in [9.17, 15) is 4.79 Å². The maximum atomic E-state index is 13.1. The molecule has 6 heteroatoms. The van der Waals surface area contributed by atoms with Crippen LogP contribution in [0.15, 0.2) is 47.8 Å². The molecule has 146 valence electrons. The molecule has 1 saturated heterocycles. The maximum Gasteiger partial charge on any atom is 0.203 e. The molecule has 0 bridgehead atoms. The van der Waals surface area contributed by atoms with Gasteiger partial charge in [0.2, 0.25) is 5.75 Å². The van der Waals surface area contributed by atoms with E-state index in [0.29, 0.717) is 35.9 Å². The predicted molar refractivity (Wildman–Crippen MR) is 109 cm³/mol. The average Bonchev–Trinajstić information content (AvgIpc) is 2.71. The highest BCUT2D eigenvalue weighted by molar-refractivity contribution is 6.14. The molecule has 0 spiro atoms. The number of likely N-dealkylation sites (tertiary alicyclic amines) is 1. The molecule has 3 rings (SSSR count). The van der Waals surface area contributed by atoms with Gasteiger partial charge in [0.05, 0.1) is 21.3 Å². The molecule has 1 aromatic carbocycles. The van der Waals surface area contributed by atoms with Crippen molar-refractivity contribution in [1.29, 1.82) is 0 Å². The summed E-state index contributed by atoms with van der Waals surface area (Å²) in [4.78, 5) is 19.2. The fourth-order valence-corrected chi connectivity index (χ4v) is 3.30. The van der Waals surface area contributed by atoms with E-state index in [1.165, 1.54) is 0 Å². The quantitative estimate of drug-likeness (QED) is 0.743. The van der Waals surface area contributed by atoms with Crippen LogP contribution in [0, 0.1) is 0 Å². The van der Waals surface area contributed by atoms with E-state index >= 15 is 0 Å². The maximum absolute atomic E-state index is 13.1. The zero-order valence-corrected chi connectivity index (χ0v) is 16.6. The zero-order chi connectivity index (χ0) is 20.1. The van der Waals surface area contributed by atoms with Gasteiger partial charge in [-0.05, 0) is 49.0 Å². The molecule has 0 atom stereocenters. The van der Waals surface area contributed by atoms with E-state index in [2.05, 4.69) is 9.88 Å². The fraction of sp³-hybridized carbons (Fsp3) is 0.273. The van der Waals surface area contributed by atoms with Gasteiger partial charge in [-0.25, -0.2) is 0 Å². The van der Waals surface area contributed by atoms with Gasteiger partial charge in [-0.15, -0.1) is 0 Å². The van der Waals surface area contributed by atoms with Crippen LogP contribution in [0.4, 0.5) is 0 Å². The number of ketones is 1. The van der Waals surface area contributed by atoms with Crippen molar-refractivity contribution in [2.75, 3.05) is 41.5 Å². The Labute approximate surface area is 165 Å². The summed E-state index contributed by atoms with van der Waals surface area (Å²) in [6.45, 7) is 1.16. The molecule has 0 saturated carbocycles. The molecular formula is C22H24N2O4. The Balaban J connectivity index is 2.02. The Morgan fingerprint density at radius 2 is 1.54 bits per heavy atom. The van der Waals surface area contributed by atoms with Gasteiger partial charge in [0.25, 0.3) is 0 Å². The monoisotopic (exact) mass is 380 g/mol. The number of hydrogen-bond donors (Lipinski definition) is 0. The van der Waals surface area contributed by atoms with Gasteiger partial charge in [-0.2, -0.15) is 0 Å². The number of methoxy groups -OCH3 is 3. The Hall–Kier alpha value is -3.12. The molecule has 0 radical (unpaired) electrons. The lowest BCUT2D eigenvalue weighted by Gasteiger charge is -2.26. The van der Waals surface area contributed by atoms with Gasteiger partial charge in [-0.3, -0.25) is 14.7 Å². The van der Waals surface area contributed by atoms with Crippen LogP contribution in [-0.4, -0.2) is 57.1 Å². The van der Waals surface area contributed by atoms with Gasteiger partial charge in [0, 0.05) is 42.2 Å². The van der Waals surface area contributed by atoms with E-state index < -0.39 is 0 Å². The zero-order valence-electron chi connectivity index (χ0n) is 16.6. The number of nitrogens with zero attached hydrogens (tertiary/aromatic N) is 2. The second-order valence-corrected chi connectivity index (χ2v) is 6.54. The van der Waals surface area contributed by atoms with Crippen LogP contribution >= 0.6 is 0 Å². The first-order chi connectivity index (χ1) is 13.6. The van der Waals surface area contributed by atoms with E-state index in [1.54, 1.807) is 39.8 Å². The lowest BCUT2D eigenvalue weighted by molar-refractivity contribution is -0.113. The molecule has 0 N–H and O–H groups in total. The van der Waals surface area contributed by atoms with Crippen molar-refractivity contribution >= 4 is 17.9 Å². The van der Waals surface area contributed by atoms with Gasteiger partial charge < -0.3 is 14.2 Å². The molecule has 6 nitrogen and oxygen atoms in total. The lowest BCUT2D eigenvalue weighted by atomic mass is 9.94. The summed E-state index contributed by atoms with van der Waals surface area (Å²) in [5.74, 6) is 1.65. The largest absolute Gasteiger partial charge is 0.493 e. The van der Waals surface area contributed by atoms with Crippen molar-refractivity contribution in [3.05, 3.63) is 58.9 Å². The normalized spacial score (nSPS) is 17.8. The standard InChI is InChI=1S/C22H24N2O4/c1-24-13-17(11-15-7-9-23-10-8-15)20(25)18(14-24)12-16-5-6-19(26-2)22(28-4)21(16)27-3/h5-12H,13-14H2,1-4H3/b17-11+,18-12+. The van der Waals surface area contributed by atoms with Crippen molar-refractivity contribution in [3.8, 4) is 17.2 Å². The topological polar surface area (TPSA) is 60.9 Å². The smallest absolute Gasteiger partial charge is 0.203 e. The molecule has 2 heterocycles. The molecule has 0 unspecified atom stereocenters. The fourth-order valence-electron chi connectivity index (χ4n) is 3.30. The van der Waals surface area contributed by atoms with E-state index in [0.717, 1.165) is 16.7 Å². The molecule has 0 amide bonds. The minimum absolute atomic E-state index is 0.0340. The third kappa shape index (κ3) is 4.07. The van der Waals surface area contributed by atoms with Gasteiger partial charge in [-0.1, -0.05) is 0 Å². The molecule has 2 aromatic rings. The number of carbonyl (C=O) groups excluding carboxylic acids is 1. The first-order valence-corrected chi connectivity index (χ1v) is 8.90. The number of ether oxygens (including phenoxy) is 3. The summed E-state index contributed by atoms with van der Waals surface area (Å²) in [5.41, 5.74) is 3.16. The average molecular weight is 380 g/mol. The van der Waals surface area contributed by atoms with Crippen LogP contribution in [0.1, 0.15) is 11.1 Å². The number of piperidine rings is 1. The highest BCUT2D eigenvalue weighted by atomic mass is 16.5. The predicted octanol–water partition coefficient (Wildman–Crippen LogP) is 3.09. The second kappa shape index (κ2) is 8.71. The number of Topliss-reactive ketones (excluding diaryl/α,β-unsaturated/α-hetero) is 1. The van der Waals surface area contributed by atoms with E-state index in [-0.39, 0.29) is 5.78 Å². The first kappa shape index (κ1) is 19.6. The Morgan fingerprint density at radius 3 is 2.14 bits per heavy atom. The molecule has 1 aliphatic rings. The minimum Gasteiger partial charge on any atom is -0.493 e. The highest BCUT2D eigenvalue weighted by Gasteiger charge is 2.25. The van der Waals surface area contributed by atoms with Crippen LogP contribution < -0.4 is 14.2 Å². The Morgan fingerprint density at radius 1 is 0.893 bits per heavy atom. The molecule has 28 heavy (non-hydrogen) atoms. The van der Waals surface area contributed by atoms with Crippen molar-refractivity contribution in [1.82, 2.24) is 9.88 Å². The van der Waals surface area contributed by atoms with Gasteiger partial charge >= 0.3 is 0 Å². The Kier molecular flexibility index (Phi) is 6.11. The highest BCUT2D eigenvalue weighted by Crippen LogP contribution is 2.40. The third-order valence-corrected chi connectivity index (χ3v) is 4.58. The number of aromatic nitrogens is 1. The number of rotatable bonds is 5. The van der Waals surface area contributed by atoms with Crippen LogP contribution in [0.25, 0.3) is 12.2 Å². The SMILES string of the molecule is COc1ccc(/C=C2\CN(C)C/C(=C\c3ccncc3)C2=O)c(OC)c1OC. The lowest BCUT2D eigenvalue weighted by Crippen LogP contribution is -2.34. The van der Waals surface area contributed by atoms with Crippen LogP contribution in [0.5, 0.6) is 17.2 Å². The number of likely N-dealkylation sites (N-methyl/N-ethyl adjacent to an activating group) is 1.